The van der Waals surface area contributed by atoms with E-state index < -0.39 is 11.6 Å². The summed E-state index contributed by atoms with van der Waals surface area (Å²) in [5.41, 5.74) is 2.00. The van der Waals surface area contributed by atoms with Crippen LogP contribution < -0.4 is 5.32 Å². The van der Waals surface area contributed by atoms with E-state index in [1.807, 2.05) is 31.2 Å². The molecule has 0 bridgehead atoms. The Balaban J connectivity index is 2.46. The van der Waals surface area contributed by atoms with E-state index in [9.17, 15) is 8.78 Å². The lowest BCUT2D eigenvalue weighted by atomic mass is 9.99. The van der Waals surface area contributed by atoms with Crippen molar-refractivity contribution in [3.05, 3.63) is 59.7 Å². The maximum Gasteiger partial charge on any atom is 0.166 e. The number of nitrogens with one attached hydrogen (secondary N) is 1. The molecule has 0 fully saturated rings. The molecule has 0 radical (unpaired) electrons. The Morgan fingerprint density at radius 3 is 2.44 bits per heavy atom. The minimum absolute atomic E-state index is 0.309. The van der Waals surface area contributed by atoms with Gasteiger partial charge in [0.05, 0.1) is 0 Å². The molecule has 1 N–H and O–H groups in total. The van der Waals surface area contributed by atoms with Crippen molar-refractivity contribution in [1.82, 2.24) is 5.32 Å². The fourth-order valence-corrected chi connectivity index (χ4v) is 1.91. The van der Waals surface area contributed by atoms with E-state index in [4.69, 9.17) is 0 Å². The molecule has 1 nitrogen and oxygen atoms in total. The first-order valence-electron chi connectivity index (χ1n) is 5.97. The molecule has 0 amide bonds. The minimum atomic E-state index is -0.814. The molecule has 18 heavy (non-hydrogen) atoms. The summed E-state index contributed by atoms with van der Waals surface area (Å²) in [7, 11) is 0. The lowest BCUT2D eigenvalue weighted by Gasteiger charge is -2.11. The zero-order chi connectivity index (χ0) is 13.0. The van der Waals surface area contributed by atoms with Gasteiger partial charge in [-0.25, -0.2) is 8.78 Å². The van der Waals surface area contributed by atoms with E-state index in [-0.39, 0.29) is 0 Å². The summed E-state index contributed by atoms with van der Waals surface area (Å²) in [6.07, 6.45) is 0. The number of halogens is 2. The molecular weight excluding hydrogens is 232 g/mol. The van der Waals surface area contributed by atoms with E-state index in [1.54, 1.807) is 6.07 Å². The van der Waals surface area contributed by atoms with Crippen LogP contribution in [-0.2, 0) is 6.54 Å². The van der Waals surface area contributed by atoms with Gasteiger partial charge in [0.2, 0.25) is 0 Å². The first kappa shape index (κ1) is 12.7. The summed E-state index contributed by atoms with van der Waals surface area (Å²) in [4.78, 5) is 0. The summed E-state index contributed by atoms with van der Waals surface area (Å²) in [5.74, 6) is -1.60. The molecule has 2 aromatic carbocycles. The maximum atomic E-state index is 13.8. The number of benzene rings is 2. The topological polar surface area (TPSA) is 12.0 Å². The Morgan fingerprint density at radius 2 is 1.67 bits per heavy atom. The van der Waals surface area contributed by atoms with Crippen LogP contribution in [0.15, 0.2) is 42.5 Å². The lowest BCUT2D eigenvalue weighted by Crippen LogP contribution is -2.12. The Kier molecular flexibility index (Phi) is 4.05. The molecule has 2 rings (SSSR count). The number of hydrogen-bond donors (Lipinski definition) is 1. The summed E-state index contributed by atoms with van der Waals surface area (Å²) in [5, 5.41) is 3.19. The van der Waals surface area contributed by atoms with Crippen LogP contribution in [-0.4, -0.2) is 6.54 Å². The second-order valence-corrected chi connectivity index (χ2v) is 4.04. The molecule has 0 aliphatic rings. The third-order valence-corrected chi connectivity index (χ3v) is 2.82. The van der Waals surface area contributed by atoms with Crippen LogP contribution in [0.1, 0.15) is 12.5 Å². The van der Waals surface area contributed by atoms with Gasteiger partial charge < -0.3 is 5.32 Å². The fraction of sp³-hybridized carbons (Fsp3) is 0.200. The molecule has 2 aromatic rings. The van der Waals surface area contributed by atoms with Gasteiger partial charge in [-0.15, -0.1) is 0 Å². The molecule has 0 aliphatic heterocycles. The predicted octanol–water partition coefficient (Wildman–Crippen LogP) is 3.74. The highest BCUT2D eigenvalue weighted by atomic mass is 19.2. The second kappa shape index (κ2) is 5.74. The minimum Gasteiger partial charge on any atom is -0.313 e. The second-order valence-electron chi connectivity index (χ2n) is 4.04. The highest BCUT2D eigenvalue weighted by Gasteiger charge is 2.12. The molecule has 94 valence electrons. The molecule has 3 heteroatoms. The number of hydrogen-bond acceptors (Lipinski definition) is 1. The smallest absolute Gasteiger partial charge is 0.166 e. The predicted molar refractivity (Wildman–Crippen MR) is 69.2 cm³/mol. The van der Waals surface area contributed by atoms with Crippen molar-refractivity contribution >= 4 is 0 Å². The standard InChI is InChI=1S/C15H15F2N/c1-2-18-10-11-6-3-4-7-12(11)13-8-5-9-14(16)15(13)17/h3-9,18H,2,10H2,1H3. The van der Waals surface area contributed by atoms with Gasteiger partial charge in [-0.3, -0.25) is 0 Å². The molecule has 0 atom stereocenters. The van der Waals surface area contributed by atoms with E-state index in [2.05, 4.69) is 5.32 Å². The van der Waals surface area contributed by atoms with Crippen molar-refractivity contribution in [1.29, 1.82) is 0 Å². The Bertz CT molecular complexity index is 538. The van der Waals surface area contributed by atoms with Crippen LogP contribution in [0.3, 0.4) is 0 Å². The van der Waals surface area contributed by atoms with Crippen molar-refractivity contribution in [3.63, 3.8) is 0 Å². The highest BCUT2D eigenvalue weighted by Crippen LogP contribution is 2.27. The first-order valence-corrected chi connectivity index (χ1v) is 5.97. The molecule has 0 spiro atoms. The maximum absolute atomic E-state index is 13.8. The Hall–Kier alpha value is -1.74. The van der Waals surface area contributed by atoms with Gasteiger partial charge in [0, 0.05) is 12.1 Å². The van der Waals surface area contributed by atoms with E-state index in [0.29, 0.717) is 12.1 Å². The van der Waals surface area contributed by atoms with Crippen molar-refractivity contribution in [2.24, 2.45) is 0 Å². The average Bonchev–Trinajstić information content (AvgIpc) is 2.40. The fourth-order valence-electron chi connectivity index (χ4n) is 1.91. The summed E-state index contributed by atoms with van der Waals surface area (Å²) >= 11 is 0. The van der Waals surface area contributed by atoms with Crippen molar-refractivity contribution < 1.29 is 8.78 Å². The first-order chi connectivity index (χ1) is 8.74. The van der Waals surface area contributed by atoms with E-state index in [1.165, 1.54) is 6.07 Å². The van der Waals surface area contributed by atoms with Gasteiger partial charge in [0.25, 0.3) is 0 Å². The zero-order valence-electron chi connectivity index (χ0n) is 10.2. The molecule has 0 aromatic heterocycles. The van der Waals surface area contributed by atoms with E-state index >= 15 is 0 Å². The number of rotatable bonds is 4. The Labute approximate surface area is 105 Å². The summed E-state index contributed by atoms with van der Waals surface area (Å²) < 4.78 is 27.1. The van der Waals surface area contributed by atoms with Crippen molar-refractivity contribution in [2.45, 2.75) is 13.5 Å². The SMILES string of the molecule is CCNCc1ccccc1-c1cccc(F)c1F. The van der Waals surface area contributed by atoms with Crippen LogP contribution in [0.2, 0.25) is 0 Å². The molecule has 0 unspecified atom stereocenters. The quantitative estimate of drug-likeness (QED) is 0.867. The van der Waals surface area contributed by atoms with Gasteiger partial charge in [0.1, 0.15) is 0 Å². The summed E-state index contributed by atoms with van der Waals surface area (Å²) in [6, 6.07) is 11.7. The van der Waals surface area contributed by atoms with Gasteiger partial charge in [-0.2, -0.15) is 0 Å². The van der Waals surface area contributed by atoms with Crippen LogP contribution in [0.25, 0.3) is 11.1 Å². The van der Waals surface area contributed by atoms with Gasteiger partial charge in [0.15, 0.2) is 11.6 Å². The van der Waals surface area contributed by atoms with Gasteiger partial charge >= 0.3 is 0 Å². The third-order valence-electron chi connectivity index (χ3n) is 2.82. The van der Waals surface area contributed by atoms with Gasteiger partial charge in [-0.1, -0.05) is 43.3 Å². The molecule has 0 saturated carbocycles. The van der Waals surface area contributed by atoms with Gasteiger partial charge in [-0.05, 0) is 23.7 Å². The normalized spacial score (nSPS) is 10.6. The van der Waals surface area contributed by atoms with Crippen LogP contribution >= 0.6 is 0 Å². The summed E-state index contributed by atoms with van der Waals surface area (Å²) in [6.45, 7) is 3.48. The molecule has 0 aliphatic carbocycles. The zero-order valence-corrected chi connectivity index (χ0v) is 10.2. The molecular formula is C15H15F2N. The Morgan fingerprint density at radius 1 is 0.944 bits per heavy atom. The lowest BCUT2D eigenvalue weighted by molar-refractivity contribution is 0.511. The molecule has 0 heterocycles. The van der Waals surface area contributed by atoms with Crippen LogP contribution in [0.4, 0.5) is 8.78 Å². The largest absolute Gasteiger partial charge is 0.313 e. The molecule has 0 saturated heterocycles. The average molecular weight is 247 g/mol. The third kappa shape index (κ3) is 2.57. The monoisotopic (exact) mass is 247 g/mol. The van der Waals surface area contributed by atoms with Crippen molar-refractivity contribution in [2.75, 3.05) is 6.54 Å². The van der Waals surface area contributed by atoms with Crippen LogP contribution in [0, 0.1) is 11.6 Å². The van der Waals surface area contributed by atoms with Crippen LogP contribution in [0.5, 0.6) is 0 Å². The van der Waals surface area contributed by atoms with E-state index in [0.717, 1.165) is 23.7 Å². The highest BCUT2D eigenvalue weighted by molar-refractivity contribution is 5.68. The van der Waals surface area contributed by atoms with Crippen molar-refractivity contribution in [3.8, 4) is 11.1 Å².